The number of hydrogen-bond acceptors (Lipinski definition) is 3. The van der Waals surface area contributed by atoms with Crippen LogP contribution in [0.15, 0.2) is 29.3 Å². The Hall–Kier alpha value is -1.38. The molecule has 2 N–H and O–H groups in total. The fraction of sp³-hybridized carbons (Fsp3) is 0.500. The normalized spacial score (nSPS) is 12.2. The highest BCUT2D eigenvalue weighted by Gasteiger charge is 2.06. The third-order valence-corrected chi connectivity index (χ3v) is 2.88. The smallest absolute Gasteiger partial charge is 0.269 e. The second-order valence-electron chi connectivity index (χ2n) is 4.58. The van der Waals surface area contributed by atoms with Crippen molar-refractivity contribution in [2.24, 2.45) is 4.99 Å². The molecule has 21 heavy (non-hydrogen) atoms. The van der Waals surface area contributed by atoms with Gasteiger partial charge in [-0.05, 0) is 25.8 Å². The number of aliphatic imine (C=N–C) groups is 1. The van der Waals surface area contributed by atoms with Gasteiger partial charge in [0.05, 0.1) is 11.5 Å². The number of non-ortho nitro benzene ring substituents is 1. The van der Waals surface area contributed by atoms with Crippen LogP contribution >= 0.6 is 24.0 Å². The Bertz CT molecular complexity index is 480. The van der Waals surface area contributed by atoms with Crippen LogP contribution in [0.3, 0.4) is 0 Å². The number of nitrogens with zero attached hydrogens (tertiary/aromatic N) is 2. The van der Waals surface area contributed by atoms with Crippen molar-refractivity contribution in [1.29, 1.82) is 0 Å². The molecule has 0 heterocycles. The molecule has 0 amide bonds. The Morgan fingerprint density at radius 2 is 2.14 bits per heavy atom. The molecule has 1 unspecified atom stereocenters. The molecule has 0 saturated heterocycles. The molecule has 1 aromatic carbocycles. The van der Waals surface area contributed by atoms with Gasteiger partial charge in [0.1, 0.15) is 0 Å². The summed E-state index contributed by atoms with van der Waals surface area (Å²) in [5.74, 6) is 0.730. The molecule has 0 spiro atoms. The van der Waals surface area contributed by atoms with Gasteiger partial charge in [0.15, 0.2) is 5.96 Å². The van der Waals surface area contributed by atoms with E-state index in [1.165, 1.54) is 6.07 Å². The highest BCUT2D eigenvalue weighted by molar-refractivity contribution is 14.0. The van der Waals surface area contributed by atoms with Crippen molar-refractivity contribution < 1.29 is 4.92 Å². The molecule has 0 aliphatic heterocycles. The summed E-state index contributed by atoms with van der Waals surface area (Å²) in [6.07, 6.45) is 1.00. The fourth-order valence-electron chi connectivity index (χ4n) is 1.59. The molecule has 0 aliphatic carbocycles. The summed E-state index contributed by atoms with van der Waals surface area (Å²) < 4.78 is 0. The molecule has 118 valence electrons. The van der Waals surface area contributed by atoms with E-state index in [-0.39, 0.29) is 29.7 Å². The predicted molar refractivity (Wildman–Crippen MR) is 96.2 cm³/mol. The van der Waals surface area contributed by atoms with E-state index in [0.717, 1.165) is 24.5 Å². The van der Waals surface area contributed by atoms with Crippen molar-refractivity contribution in [3.05, 3.63) is 39.9 Å². The van der Waals surface area contributed by atoms with E-state index in [2.05, 4.69) is 29.5 Å². The molecule has 1 aromatic rings. The zero-order valence-corrected chi connectivity index (χ0v) is 15.0. The third-order valence-electron chi connectivity index (χ3n) is 2.88. The van der Waals surface area contributed by atoms with Crippen LogP contribution in [0.1, 0.15) is 32.8 Å². The van der Waals surface area contributed by atoms with Gasteiger partial charge in [-0.25, -0.2) is 4.99 Å². The van der Waals surface area contributed by atoms with E-state index in [9.17, 15) is 10.1 Å². The van der Waals surface area contributed by atoms with Gasteiger partial charge >= 0.3 is 0 Å². The van der Waals surface area contributed by atoms with E-state index in [0.29, 0.717) is 12.6 Å². The second kappa shape index (κ2) is 10.4. The first-order valence-corrected chi connectivity index (χ1v) is 6.85. The lowest BCUT2D eigenvalue weighted by Gasteiger charge is -2.16. The molecule has 7 heteroatoms. The van der Waals surface area contributed by atoms with Crippen LogP contribution in [0.4, 0.5) is 5.69 Å². The minimum Gasteiger partial charge on any atom is -0.357 e. The largest absolute Gasteiger partial charge is 0.357 e. The number of guanidine groups is 1. The predicted octanol–water partition coefficient (Wildman–Crippen LogP) is 3.07. The maximum absolute atomic E-state index is 10.7. The number of nitro groups is 1. The molecule has 0 bridgehead atoms. The van der Waals surface area contributed by atoms with Gasteiger partial charge in [0.25, 0.3) is 5.69 Å². The first kappa shape index (κ1) is 19.6. The summed E-state index contributed by atoms with van der Waals surface area (Å²) >= 11 is 0. The summed E-state index contributed by atoms with van der Waals surface area (Å²) in [6, 6.07) is 6.88. The Labute approximate surface area is 142 Å². The van der Waals surface area contributed by atoms with Crippen LogP contribution in [0.5, 0.6) is 0 Å². The van der Waals surface area contributed by atoms with Crippen LogP contribution < -0.4 is 10.6 Å². The van der Waals surface area contributed by atoms with Crippen molar-refractivity contribution in [3.8, 4) is 0 Å². The maximum atomic E-state index is 10.7. The van der Waals surface area contributed by atoms with Crippen LogP contribution in [-0.4, -0.2) is 23.5 Å². The average molecular weight is 406 g/mol. The summed E-state index contributed by atoms with van der Waals surface area (Å²) in [6.45, 7) is 7.37. The van der Waals surface area contributed by atoms with Crippen molar-refractivity contribution >= 4 is 35.6 Å². The molecule has 6 nitrogen and oxygen atoms in total. The highest BCUT2D eigenvalue weighted by Crippen LogP contribution is 2.13. The van der Waals surface area contributed by atoms with Gasteiger partial charge in [-0.15, -0.1) is 24.0 Å². The average Bonchev–Trinajstić information content (AvgIpc) is 2.45. The molecule has 0 aromatic heterocycles. The van der Waals surface area contributed by atoms with E-state index < -0.39 is 4.92 Å². The lowest BCUT2D eigenvalue weighted by Crippen LogP contribution is -2.41. The molecule has 0 fully saturated rings. The minimum atomic E-state index is -0.393. The number of rotatable bonds is 6. The van der Waals surface area contributed by atoms with Gasteiger partial charge in [-0.3, -0.25) is 10.1 Å². The van der Waals surface area contributed by atoms with Gasteiger partial charge in [0.2, 0.25) is 0 Å². The van der Waals surface area contributed by atoms with E-state index in [4.69, 9.17) is 0 Å². The Morgan fingerprint density at radius 3 is 2.71 bits per heavy atom. The fourth-order valence-corrected chi connectivity index (χ4v) is 1.59. The number of nitro benzene ring substituents is 1. The highest BCUT2D eigenvalue weighted by atomic mass is 127. The molecule has 0 aliphatic rings. The summed E-state index contributed by atoms with van der Waals surface area (Å²) in [4.78, 5) is 14.8. The third kappa shape index (κ3) is 7.26. The first-order chi connectivity index (χ1) is 9.56. The van der Waals surface area contributed by atoms with Crippen LogP contribution in [-0.2, 0) is 6.54 Å². The summed E-state index contributed by atoms with van der Waals surface area (Å²) in [7, 11) is 0. The zero-order valence-electron chi connectivity index (χ0n) is 12.6. The first-order valence-electron chi connectivity index (χ1n) is 6.85. The topological polar surface area (TPSA) is 79.6 Å². The number of nitrogens with one attached hydrogen (secondary N) is 2. The minimum absolute atomic E-state index is 0. The lowest BCUT2D eigenvalue weighted by molar-refractivity contribution is -0.384. The van der Waals surface area contributed by atoms with Gasteiger partial charge < -0.3 is 10.6 Å². The summed E-state index contributed by atoms with van der Waals surface area (Å²) in [5, 5.41) is 17.2. The van der Waals surface area contributed by atoms with Crippen molar-refractivity contribution in [2.75, 3.05) is 6.54 Å². The lowest BCUT2D eigenvalue weighted by atomic mass is 10.2. The number of benzene rings is 1. The monoisotopic (exact) mass is 406 g/mol. The molecule has 0 radical (unpaired) electrons. The molecule has 1 atom stereocenters. The van der Waals surface area contributed by atoms with Crippen molar-refractivity contribution in [2.45, 2.75) is 39.8 Å². The van der Waals surface area contributed by atoms with Gasteiger partial charge in [0, 0.05) is 24.7 Å². The van der Waals surface area contributed by atoms with Gasteiger partial charge in [-0.2, -0.15) is 0 Å². The second-order valence-corrected chi connectivity index (χ2v) is 4.58. The molecular weight excluding hydrogens is 383 g/mol. The van der Waals surface area contributed by atoms with E-state index in [1.807, 2.05) is 13.0 Å². The van der Waals surface area contributed by atoms with Crippen LogP contribution in [0, 0.1) is 10.1 Å². The van der Waals surface area contributed by atoms with Crippen molar-refractivity contribution in [1.82, 2.24) is 10.6 Å². The maximum Gasteiger partial charge on any atom is 0.269 e. The number of hydrogen-bond donors (Lipinski definition) is 2. The van der Waals surface area contributed by atoms with Crippen LogP contribution in [0.25, 0.3) is 0 Å². The molecule has 1 rings (SSSR count). The van der Waals surface area contributed by atoms with Gasteiger partial charge in [-0.1, -0.05) is 19.1 Å². The quantitative estimate of drug-likeness (QED) is 0.250. The number of halogens is 1. The SMILES string of the molecule is CCNC(=NCc1cccc([N+](=O)[O-])c1)NC(C)CC.I. The van der Waals surface area contributed by atoms with Crippen molar-refractivity contribution in [3.63, 3.8) is 0 Å². The molecular formula is C14H23IN4O2. The Kier molecular flexibility index (Phi) is 9.68. The standard InChI is InChI=1S/C14H22N4O2.HI/c1-4-11(3)17-14(15-5-2)16-10-12-7-6-8-13(9-12)18(19)20;/h6-9,11H,4-5,10H2,1-3H3,(H2,15,16,17);1H. The summed E-state index contributed by atoms with van der Waals surface area (Å²) in [5.41, 5.74) is 0.915. The Morgan fingerprint density at radius 1 is 1.43 bits per heavy atom. The zero-order chi connectivity index (χ0) is 15.0. The van der Waals surface area contributed by atoms with E-state index in [1.54, 1.807) is 12.1 Å². The molecule has 0 saturated carbocycles. The Balaban J connectivity index is 0.00000400. The van der Waals surface area contributed by atoms with E-state index >= 15 is 0 Å². The van der Waals surface area contributed by atoms with Crippen LogP contribution in [0.2, 0.25) is 0 Å².